The van der Waals surface area contributed by atoms with Crippen molar-refractivity contribution < 1.29 is 9.59 Å². The number of imide groups is 1. The first kappa shape index (κ1) is 17.4. The minimum Gasteiger partial charge on any atom is -0.267 e. The summed E-state index contributed by atoms with van der Waals surface area (Å²) in [4.78, 5) is 44.4. The molecule has 0 saturated carbocycles. The largest absolute Gasteiger partial charge is 0.300 e. The molecular formula is C21H14N4O3S. The maximum absolute atomic E-state index is 13.2. The van der Waals surface area contributed by atoms with E-state index in [1.165, 1.54) is 9.42 Å². The molecule has 0 aliphatic carbocycles. The van der Waals surface area contributed by atoms with Crippen LogP contribution in [0.5, 0.6) is 0 Å². The van der Waals surface area contributed by atoms with Crippen molar-refractivity contribution in [1.29, 1.82) is 0 Å². The van der Waals surface area contributed by atoms with E-state index in [1.807, 2.05) is 32.0 Å². The van der Waals surface area contributed by atoms with Crippen molar-refractivity contribution in [2.45, 2.75) is 13.8 Å². The maximum Gasteiger partial charge on any atom is 0.300 e. The molecule has 0 radical (unpaired) electrons. The summed E-state index contributed by atoms with van der Waals surface area (Å²) >= 11 is 1.00. The molecule has 0 fully saturated rings. The van der Waals surface area contributed by atoms with Crippen LogP contribution in [-0.2, 0) is 0 Å². The first-order chi connectivity index (χ1) is 14.0. The van der Waals surface area contributed by atoms with Gasteiger partial charge in [-0.2, -0.15) is 14.6 Å². The van der Waals surface area contributed by atoms with Gasteiger partial charge in [0, 0.05) is 5.56 Å². The van der Waals surface area contributed by atoms with Crippen molar-refractivity contribution in [3.8, 4) is 11.3 Å². The van der Waals surface area contributed by atoms with Crippen LogP contribution in [-0.4, -0.2) is 26.4 Å². The van der Waals surface area contributed by atoms with Crippen molar-refractivity contribution in [3.05, 3.63) is 80.6 Å². The van der Waals surface area contributed by atoms with Crippen LogP contribution in [0.1, 0.15) is 31.3 Å². The van der Waals surface area contributed by atoms with E-state index in [9.17, 15) is 14.4 Å². The van der Waals surface area contributed by atoms with E-state index >= 15 is 0 Å². The second-order valence-electron chi connectivity index (χ2n) is 6.77. The number of anilines is 1. The standard InChI is InChI=1S/C21H14N4O3S/c1-11-7-6-10-14(12(11)2)24-19(27)16-17(20(24)28)29-21-22-18(26)15(23-25(16)21)13-8-4-3-5-9-13/h3-10H,1-2H3. The Balaban J connectivity index is 1.71. The van der Waals surface area contributed by atoms with Gasteiger partial charge in [-0.1, -0.05) is 53.8 Å². The molecule has 0 saturated heterocycles. The maximum atomic E-state index is 13.2. The summed E-state index contributed by atoms with van der Waals surface area (Å²) in [5, 5.41) is 4.38. The molecule has 2 amide bonds. The van der Waals surface area contributed by atoms with Crippen LogP contribution < -0.4 is 10.5 Å². The summed E-state index contributed by atoms with van der Waals surface area (Å²) < 4.78 is 1.31. The average Bonchev–Trinajstić information content (AvgIpc) is 3.19. The molecule has 7 nitrogen and oxygen atoms in total. The van der Waals surface area contributed by atoms with Crippen LogP contribution >= 0.6 is 11.3 Å². The number of amides is 2. The van der Waals surface area contributed by atoms with Crippen LogP contribution in [0.25, 0.3) is 16.2 Å². The van der Waals surface area contributed by atoms with Gasteiger partial charge in [0.25, 0.3) is 11.8 Å². The number of hydrogen-bond donors (Lipinski definition) is 0. The Kier molecular flexibility index (Phi) is 3.72. The number of rotatable bonds is 2. The Hall–Kier alpha value is -3.65. The molecule has 1 aliphatic rings. The third-order valence-corrected chi connectivity index (χ3v) is 6.09. The van der Waals surface area contributed by atoms with Crippen molar-refractivity contribution in [2.75, 3.05) is 4.90 Å². The lowest BCUT2D eigenvalue weighted by atomic mass is 10.1. The summed E-state index contributed by atoms with van der Waals surface area (Å²) in [6, 6.07) is 14.4. The predicted octanol–water partition coefficient (Wildman–Crippen LogP) is 3.24. The fourth-order valence-electron chi connectivity index (χ4n) is 3.43. The highest BCUT2D eigenvalue weighted by Gasteiger charge is 2.42. The minimum absolute atomic E-state index is 0.133. The highest BCUT2D eigenvalue weighted by atomic mass is 32.1. The number of hydrogen-bond acceptors (Lipinski definition) is 6. The molecule has 0 bridgehead atoms. The van der Waals surface area contributed by atoms with Gasteiger partial charge in [-0.05, 0) is 31.0 Å². The molecule has 142 valence electrons. The number of aryl methyl sites for hydroxylation is 1. The van der Waals surface area contributed by atoms with Crippen LogP contribution in [0.3, 0.4) is 0 Å². The number of fused-ring (bicyclic) bond motifs is 3. The summed E-state index contributed by atoms with van der Waals surface area (Å²) in [6.45, 7) is 3.80. The van der Waals surface area contributed by atoms with Crippen LogP contribution in [0.15, 0.2) is 53.3 Å². The number of aromatic nitrogens is 3. The topological polar surface area (TPSA) is 84.6 Å². The van der Waals surface area contributed by atoms with E-state index in [1.54, 1.807) is 30.3 Å². The summed E-state index contributed by atoms with van der Waals surface area (Å²) in [6.07, 6.45) is 0. The quantitative estimate of drug-likeness (QED) is 0.481. The Bertz CT molecular complexity index is 1390. The lowest BCUT2D eigenvalue weighted by Gasteiger charge is -2.17. The van der Waals surface area contributed by atoms with Gasteiger partial charge >= 0.3 is 5.56 Å². The third-order valence-electron chi connectivity index (χ3n) is 5.07. The second kappa shape index (κ2) is 6.18. The van der Waals surface area contributed by atoms with Gasteiger partial charge in [0.05, 0.1) is 5.69 Å². The van der Waals surface area contributed by atoms with Crippen LogP contribution in [0, 0.1) is 13.8 Å². The van der Waals surface area contributed by atoms with E-state index in [-0.39, 0.29) is 21.2 Å². The highest BCUT2D eigenvalue weighted by molar-refractivity contribution is 7.19. The predicted molar refractivity (Wildman–Crippen MR) is 110 cm³/mol. The summed E-state index contributed by atoms with van der Waals surface area (Å²) in [5.74, 6) is -0.897. The van der Waals surface area contributed by atoms with Crippen LogP contribution in [0.4, 0.5) is 5.69 Å². The minimum atomic E-state index is -0.498. The van der Waals surface area contributed by atoms with Gasteiger partial charge in [0.15, 0.2) is 11.4 Å². The number of carbonyl (C=O) groups excluding carboxylic acids is 2. The van der Waals surface area contributed by atoms with E-state index in [4.69, 9.17) is 0 Å². The number of thiazole rings is 1. The Morgan fingerprint density at radius 2 is 1.66 bits per heavy atom. The molecule has 4 aromatic rings. The van der Waals surface area contributed by atoms with Gasteiger partial charge in [-0.3, -0.25) is 14.4 Å². The molecule has 1 aliphatic heterocycles. The normalized spacial score (nSPS) is 13.4. The Morgan fingerprint density at radius 3 is 2.41 bits per heavy atom. The molecule has 5 rings (SSSR count). The molecule has 2 aromatic heterocycles. The van der Waals surface area contributed by atoms with Crippen molar-refractivity contribution in [1.82, 2.24) is 14.6 Å². The smallest absolute Gasteiger partial charge is 0.267 e. The molecule has 2 aromatic carbocycles. The first-order valence-corrected chi connectivity index (χ1v) is 9.73. The average molecular weight is 402 g/mol. The fraction of sp³-hybridized carbons (Fsp3) is 0.0952. The molecule has 8 heteroatoms. The molecular weight excluding hydrogens is 388 g/mol. The number of benzene rings is 2. The zero-order valence-corrected chi connectivity index (χ0v) is 16.4. The molecule has 0 spiro atoms. The second-order valence-corrected chi connectivity index (χ2v) is 7.75. The molecule has 3 heterocycles. The van der Waals surface area contributed by atoms with E-state index in [0.29, 0.717) is 11.3 Å². The van der Waals surface area contributed by atoms with Crippen molar-refractivity contribution in [3.63, 3.8) is 0 Å². The van der Waals surface area contributed by atoms with E-state index in [2.05, 4.69) is 10.1 Å². The highest BCUT2D eigenvalue weighted by Crippen LogP contribution is 2.35. The van der Waals surface area contributed by atoms with Gasteiger partial charge in [-0.25, -0.2) is 4.90 Å². The van der Waals surface area contributed by atoms with Gasteiger partial charge < -0.3 is 0 Å². The number of carbonyl (C=O) groups is 2. The van der Waals surface area contributed by atoms with Gasteiger partial charge in [0.2, 0.25) is 4.96 Å². The van der Waals surface area contributed by atoms with Crippen molar-refractivity contribution >= 4 is 33.8 Å². The zero-order chi connectivity index (χ0) is 20.3. The SMILES string of the molecule is Cc1cccc(N2C(=O)c3sc4nc(=O)c(-c5ccccc5)nn4c3C2=O)c1C. The summed E-state index contributed by atoms with van der Waals surface area (Å²) in [5.41, 5.74) is 2.77. The fourth-order valence-corrected chi connectivity index (χ4v) is 4.41. The Morgan fingerprint density at radius 1 is 0.897 bits per heavy atom. The molecule has 0 atom stereocenters. The van der Waals surface area contributed by atoms with Crippen LogP contribution in [0.2, 0.25) is 0 Å². The third kappa shape index (κ3) is 2.46. The van der Waals surface area contributed by atoms with Gasteiger partial charge in [0.1, 0.15) is 4.88 Å². The monoisotopic (exact) mass is 402 g/mol. The van der Waals surface area contributed by atoms with Gasteiger partial charge in [-0.15, -0.1) is 0 Å². The molecule has 0 N–H and O–H groups in total. The lowest BCUT2D eigenvalue weighted by molar-refractivity contribution is 0.0924. The van der Waals surface area contributed by atoms with E-state index in [0.717, 1.165) is 22.5 Å². The zero-order valence-electron chi connectivity index (χ0n) is 15.5. The first-order valence-electron chi connectivity index (χ1n) is 8.91. The van der Waals surface area contributed by atoms with E-state index < -0.39 is 17.4 Å². The molecule has 29 heavy (non-hydrogen) atoms. The summed E-state index contributed by atoms with van der Waals surface area (Å²) in [7, 11) is 0. The lowest BCUT2D eigenvalue weighted by Crippen LogP contribution is -2.31. The number of nitrogens with zero attached hydrogens (tertiary/aromatic N) is 4. The van der Waals surface area contributed by atoms with Crippen molar-refractivity contribution in [2.24, 2.45) is 0 Å². The Labute approximate surface area is 168 Å². The molecule has 0 unspecified atom stereocenters.